The number of thiol groups is 1. The summed E-state index contributed by atoms with van der Waals surface area (Å²) < 4.78 is 15.5. The van der Waals surface area contributed by atoms with Crippen LogP contribution >= 0.6 is 12.6 Å². The highest BCUT2D eigenvalue weighted by atomic mass is 32.1. The minimum Gasteiger partial charge on any atom is -0.497 e. The Morgan fingerprint density at radius 1 is 1.21 bits per heavy atom. The zero-order chi connectivity index (χ0) is 26.9. The molecule has 1 amide bonds. The minimum atomic E-state index is -0.0712. The number of rotatable bonds is 8. The highest BCUT2D eigenvalue weighted by Gasteiger charge is 2.30. The standard InChI is InChI=1S/C18H25N5O3.C9H12OS.2H2O/c1-19-9-17-21-15(12-26-17)18(24)23-7-6-14(11-23)22(2)10-13-4-5-16(25-3)20-8-13;1-6-4-8(10-3)5-7(2)9(6)11;;/h4-5,8,12,14,19H,6-7,9-11H2,1-3H3;4-5,11H,1-3H3;2*1H2. The lowest BCUT2D eigenvalue weighted by Crippen LogP contribution is -2.36. The molecular formula is C27H41N5O6S. The Balaban J connectivity index is 0.000000497. The van der Waals surface area contributed by atoms with Crippen molar-refractivity contribution in [3.63, 3.8) is 0 Å². The Bertz CT molecular complexity index is 1150. The summed E-state index contributed by atoms with van der Waals surface area (Å²) in [7, 11) is 7.16. The highest BCUT2D eigenvalue weighted by molar-refractivity contribution is 7.80. The number of oxazole rings is 1. The number of amides is 1. The van der Waals surface area contributed by atoms with Crippen molar-refractivity contribution in [2.24, 2.45) is 0 Å². The lowest BCUT2D eigenvalue weighted by molar-refractivity contribution is 0.0773. The maximum Gasteiger partial charge on any atom is 0.275 e. The van der Waals surface area contributed by atoms with Crippen LogP contribution in [0.2, 0.25) is 0 Å². The quantitative estimate of drug-likeness (QED) is 0.395. The number of carbonyl (C=O) groups excluding carboxylic acids is 1. The first-order valence-electron chi connectivity index (χ1n) is 12.2. The summed E-state index contributed by atoms with van der Waals surface area (Å²) in [6.07, 6.45) is 4.20. The van der Waals surface area contributed by atoms with Gasteiger partial charge in [-0.2, -0.15) is 0 Å². The number of ether oxygens (including phenoxy) is 2. The summed E-state index contributed by atoms with van der Waals surface area (Å²) in [5.74, 6) is 1.96. The van der Waals surface area contributed by atoms with Gasteiger partial charge in [0, 0.05) is 42.8 Å². The van der Waals surface area contributed by atoms with E-state index in [2.05, 4.69) is 39.9 Å². The molecule has 3 heterocycles. The molecule has 1 aliphatic heterocycles. The number of likely N-dealkylation sites (tertiary alicyclic amines) is 1. The van der Waals surface area contributed by atoms with Gasteiger partial charge in [-0.05, 0) is 63.2 Å². The number of hydrogen-bond donors (Lipinski definition) is 2. The molecule has 1 fully saturated rings. The molecule has 1 aromatic carbocycles. The van der Waals surface area contributed by atoms with Gasteiger partial charge in [-0.3, -0.25) is 9.69 Å². The molecular weight excluding hydrogens is 522 g/mol. The Labute approximate surface area is 235 Å². The fraction of sp³-hybridized carbons (Fsp3) is 0.444. The van der Waals surface area contributed by atoms with E-state index in [1.165, 1.54) is 6.26 Å². The van der Waals surface area contributed by atoms with E-state index >= 15 is 0 Å². The molecule has 11 nitrogen and oxygen atoms in total. The molecule has 0 aliphatic carbocycles. The van der Waals surface area contributed by atoms with Gasteiger partial charge in [0.2, 0.25) is 11.8 Å². The van der Waals surface area contributed by atoms with E-state index in [9.17, 15) is 4.79 Å². The van der Waals surface area contributed by atoms with Crippen molar-refractivity contribution in [1.82, 2.24) is 25.1 Å². The highest BCUT2D eigenvalue weighted by Crippen LogP contribution is 2.24. The van der Waals surface area contributed by atoms with Crippen LogP contribution in [0.15, 0.2) is 46.0 Å². The summed E-state index contributed by atoms with van der Waals surface area (Å²) in [5, 5.41) is 2.96. The Morgan fingerprint density at radius 2 is 1.90 bits per heavy atom. The number of nitrogens with one attached hydrogen (secondary N) is 1. The molecule has 216 valence electrons. The van der Waals surface area contributed by atoms with Crippen LogP contribution in [-0.4, -0.2) is 84.1 Å². The largest absolute Gasteiger partial charge is 0.497 e. The van der Waals surface area contributed by atoms with Gasteiger partial charge in [-0.1, -0.05) is 6.07 Å². The van der Waals surface area contributed by atoms with Crippen LogP contribution in [0.3, 0.4) is 0 Å². The zero-order valence-electron chi connectivity index (χ0n) is 23.4. The van der Waals surface area contributed by atoms with Gasteiger partial charge in [0.15, 0.2) is 5.69 Å². The van der Waals surface area contributed by atoms with E-state index in [1.54, 1.807) is 14.2 Å². The second-order valence-electron chi connectivity index (χ2n) is 9.08. The molecule has 5 N–H and O–H groups in total. The molecule has 1 saturated heterocycles. The number of hydrogen-bond acceptors (Lipinski definition) is 9. The van der Waals surface area contributed by atoms with Crippen LogP contribution in [0, 0.1) is 13.8 Å². The second-order valence-corrected chi connectivity index (χ2v) is 9.53. The number of pyridine rings is 1. The third-order valence-corrected chi connectivity index (χ3v) is 7.02. The van der Waals surface area contributed by atoms with Gasteiger partial charge in [0.05, 0.1) is 20.8 Å². The fourth-order valence-corrected chi connectivity index (χ4v) is 4.29. The van der Waals surface area contributed by atoms with Crippen molar-refractivity contribution in [1.29, 1.82) is 0 Å². The molecule has 0 radical (unpaired) electrons. The van der Waals surface area contributed by atoms with E-state index in [-0.39, 0.29) is 16.9 Å². The summed E-state index contributed by atoms with van der Waals surface area (Å²) in [4.78, 5) is 26.2. The minimum absolute atomic E-state index is 0. The number of carbonyl (C=O) groups is 1. The van der Waals surface area contributed by atoms with Crippen molar-refractivity contribution < 1.29 is 29.6 Å². The molecule has 0 bridgehead atoms. The number of aromatic nitrogens is 2. The first kappa shape index (κ1) is 33.9. The molecule has 2 aromatic heterocycles. The maximum atomic E-state index is 12.6. The van der Waals surface area contributed by atoms with Crippen LogP contribution in [-0.2, 0) is 13.1 Å². The summed E-state index contributed by atoms with van der Waals surface area (Å²) in [5.41, 5.74) is 3.81. The van der Waals surface area contributed by atoms with Crippen molar-refractivity contribution in [3.05, 3.63) is 65.0 Å². The molecule has 1 aliphatic rings. The average molecular weight is 564 g/mol. The molecule has 1 unspecified atom stereocenters. The number of likely N-dealkylation sites (N-methyl/N-ethyl adjacent to an activating group) is 1. The van der Waals surface area contributed by atoms with E-state index in [1.807, 2.05) is 56.3 Å². The van der Waals surface area contributed by atoms with Crippen LogP contribution in [0.1, 0.15) is 39.5 Å². The number of aryl methyl sites for hydroxylation is 2. The van der Waals surface area contributed by atoms with Gasteiger partial charge in [-0.15, -0.1) is 12.6 Å². The zero-order valence-corrected chi connectivity index (χ0v) is 24.3. The Morgan fingerprint density at radius 3 is 2.46 bits per heavy atom. The monoisotopic (exact) mass is 563 g/mol. The lowest BCUT2D eigenvalue weighted by atomic mass is 10.1. The molecule has 12 heteroatoms. The average Bonchev–Trinajstić information content (AvgIpc) is 3.58. The van der Waals surface area contributed by atoms with Crippen LogP contribution in [0.4, 0.5) is 0 Å². The van der Waals surface area contributed by atoms with Crippen LogP contribution in [0.25, 0.3) is 0 Å². The number of benzene rings is 1. The molecule has 39 heavy (non-hydrogen) atoms. The molecule has 3 aromatic rings. The van der Waals surface area contributed by atoms with Gasteiger partial charge in [0.25, 0.3) is 5.91 Å². The smallest absolute Gasteiger partial charge is 0.275 e. The number of nitrogens with zero attached hydrogens (tertiary/aromatic N) is 4. The summed E-state index contributed by atoms with van der Waals surface area (Å²) in [6.45, 7) is 6.75. The fourth-order valence-electron chi connectivity index (χ4n) is 4.17. The van der Waals surface area contributed by atoms with Crippen molar-refractivity contribution in [2.45, 2.75) is 44.3 Å². The molecule has 4 rings (SSSR count). The predicted octanol–water partition coefficient (Wildman–Crippen LogP) is 2.10. The Kier molecular flexibility index (Phi) is 13.9. The maximum absolute atomic E-state index is 12.6. The molecule has 1 atom stereocenters. The normalized spacial score (nSPS) is 14.2. The topological polar surface area (TPSA) is 156 Å². The third-order valence-electron chi connectivity index (χ3n) is 6.31. The SMILES string of the molecule is CNCc1nc(C(=O)N2CCC(N(C)Cc3ccc(OC)nc3)C2)co1.COc1cc(C)c(S)c(C)c1.O.O. The van der Waals surface area contributed by atoms with Crippen molar-refractivity contribution in [3.8, 4) is 11.6 Å². The van der Waals surface area contributed by atoms with Gasteiger partial charge in [0.1, 0.15) is 12.0 Å². The second kappa shape index (κ2) is 16.1. The van der Waals surface area contributed by atoms with Gasteiger partial charge < -0.3 is 35.1 Å². The number of methoxy groups -OCH3 is 2. The van der Waals surface area contributed by atoms with E-state index < -0.39 is 0 Å². The third kappa shape index (κ3) is 9.22. The first-order valence-corrected chi connectivity index (χ1v) is 12.6. The van der Waals surface area contributed by atoms with Gasteiger partial charge >= 0.3 is 0 Å². The first-order chi connectivity index (χ1) is 17.7. The van der Waals surface area contributed by atoms with Crippen LogP contribution in [0.5, 0.6) is 11.6 Å². The Hall–Kier alpha value is -3.16. The van der Waals surface area contributed by atoms with E-state index in [4.69, 9.17) is 13.9 Å². The molecule has 0 spiro atoms. The van der Waals surface area contributed by atoms with Crippen molar-refractivity contribution >= 4 is 18.5 Å². The van der Waals surface area contributed by atoms with Gasteiger partial charge in [-0.25, -0.2) is 9.97 Å². The summed E-state index contributed by atoms with van der Waals surface area (Å²) in [6, 6.07) is 8.15. The van der Waals surface area contributed by atoms with E-state index in [0.717, 1.165) is 46.8 Å². The lowest BCUT2D eigenvalue weighted by Gasteiger charge is -2.24. The predicted molar refractivity (Wildman–Crippen MR) is 153 cm³/mol. The summed E-state index contributed by atoms with van der Waals surface area (Å²) >= 11 is 4.34. The van der Waals surface area contributed by atoms with E-state index in [0.29, 0.717) is 36.6 Å². The van der Waals surface area contributed by atoms with Crippen LogP contribution < -0.4 is 14.8 Å². The molecule has 0 saturated carbocycles. The van der Waals surface area contributed by atoms with Crippen molar-refractivity contribution in [2.75, 3.05) is 41.4 Å².